The van der Waals surface area contributed by atoms with Crippen molar-refractivity contribution in [2.75, 3.05) is 7.11 Å². The van der Waals surface area contributed by atoms with Crippen LogP contribution >= 0.6 is 0 Å². The third kappa shape index (κ3) is 3.08. The van der Waals surface area contributed by atoms with Crippen molar-refractivity contribution in [2.45, 2.75) is 45.0 Å². The minimum absolute atomic E-state index is 0.225. The predicted octanol–water partition coefficient (Wildman–Crippen LogP) is 3.58. The summed E-state index contributed by atoms with van der Waals surface area (Å²) >= 11 is 0. The van der Waals surface area contributed by atoms with E-state index in [0.717, 1.165) is 12.8 Å². The van der Waals surface area contributed by atoms with Gasteiger partial charge in [-0.1, -0.05) is 30.3 Å². The van der Waals surface area contributed by atoms with Gasteiger partial charge in [-0.15, -0.1) is 0 Å². The Labute approximate surface area is 104 Å². The van der Waals surface area contributed by atoms with E-state index in [9.17, 15) is 0 Å². The molecule has 0 amide bonds. The van der Waals surface area contributed by atoms with E-state index >= 15 is 0 Å². The van der Waals surface area contributed by atoms with E-state index in [1.807, 2.05) is 6.07 Å². The average molecular weight is 234 g/mol. The molecule has 1 unspecified atom stereocenters. The zero-order valence-electron chi connectivity index (χ0n) is 10.9. The van der Waals surface area contributed by atoms with Gasteiger partial charge in [0.25, 0.3) is 0 Å². The summed E-state index contributed by atoms with van der Waals surface area (Å²) in [5.74, 6) is 0.603. The summed E-state index contributed by atoms with van der Waals surface area (Å²) in [7, 11) is 1.80. The lowest BCUT2D eigenvalue weighted by Gasteiger charge is -2.40. The average Bonchev–Trinajstić information content (AvgIpc) is 2.27. The van der Waals surface area contributed by atoms with Gasteiger partial charge in [0, 0.05) is 7.11 Å². The van der Waals surface area contributed by atoms with Crippen molar-refractivity contribution in [1.82, 2.24) is 0 Å². The van der Waals surface area contributed by atoms with E-state index in [1.165, 1.54) is 5.56 Å². The van der Waals surface area contributed by atoms with E-state index < -0.39 is 0 Å². The third-order valence-corrected chi connectivity index (χ3v) is 3.41. The maximum Gasteiger partial charge on any atom is 0.0851 e. The Kier molecular flexibility index (Phi) is 4.19. The van der Waals surface area contributed by atoms with Crippen LogP contribution in [0.25, 0.3) is 0 Å². The summed E-state index contributed by atoms with van der Waals surface area (Å²) in [6.07, 6.45) is 3.22. The maximum absolute atomic E-state index is 5.79. The molecule has 1 fully saturated rings. The van der Waals surface area contributed by atoms with Crippen molar-refractivity contribution in [3.05, 3.63) is 35.9 Å². The summed E-state index contributed by atoms with van der Waals surface area (Å²) in [6.45, 7) is 4.19. The minimum Gasteiger partial charge on any atom is -0.376 e. The molecule has 2 heteroatoms. The quantitative estimate of drug-likeness (QED) is 0.775. The molecular weight excluding hydrogens is 212 g/mol. The van der Waals surface area contributed by atoms with E-state index in [0.29, 0.717) is 18.1 Å². The molecule has 1 aliphatic rings. The second kappa shape index (κ2) is 5.65. The molecule has 1 aromatic rings. The highest BCUT2D eigenvalue weighted by molar-refractivity contribution is 5.19. The molecule has 0 spiro atoms. The first kappa shape index (κ1) is 12.6. The monoisotopic (exact) mass is 234 g/mol. The van der Waals surface area contributed by atoms with Crippen molar-refractivity contribution in [3.63, 3.8) is 0 Å². The zero-order chi connectivity index (χ0) is 12.3. The molecule has 2 nitrogen and oxygen atoms in total. The molecule has 2 rings (SSSR count). The second-order valence-electron chi connectivity index (χ2n) is 5.11. The fourth-order valence-corrected chi connectivity index (χ4v) is 2.59. The van der Waals surface area contributed by atoms with Gasteiger partial charge in [-0.2, -0.15) is 0 Å². The molecule has 0 heterocycles. The van der Waals surface area contributed by atoms with Crippen LogP contribution in [0.3, 0.4) is 0 Å². The smallest absolute Gasteiger partial charge is 0.0851 e. The van der Waals surface area contributed by atoms with Crippen molar-refractivity contribution in [3.8, 4) is 0 Å². The van der Waals surface area contributed by atoms with Gasteiger partial charge in [0.05, 0.1) is 18.3 Å². The van der Waals surface area contributed by atoms with Gasteiger partial charge in [0.15, 0.2) is 0 Å². The van der Waals surface area contributed by atoms with Crippen molar-refractivity contribution in [2.24, 2.45) is 5.92 Å². The SMILES string of the molecule is COC(c1ccccc1)C1CC(OC(C)C)C1. The highest BCUT2D eigenvalue weighted by atomic mass is 16.5. The van der Waals surface area contributed by atoms with Gasteiger partial charge < -0.3 is 9.47 Å². The molecule has 17 heavy (non-hydrogen) atoms. The molecule has 0 bridgehead atoms. The van der Waals surface area contributed by atoms with Gasteiger partial charge in [0.1, 0.15) is 0 Å². The molecule has 0 radical (unpaired) electrons. The Morgan fingerprint density at radius 3 is 2.29 bits per heavy atom. The zero-order valence-corrected chi connectivity index (χ0v) is 10.9. The number of rotatable bonds is 5. The first-order chi connectivity index (χ1) is 8.20. The lowest BCUT2D eigenvalue weighted by atomic mass is 9.76. The lowest BCUT2D eigenvalue weighted by Crippen LogP contribution is -2.37. The Morgan fingerprint density at radius 2 is 1.76 bits per heavy atom. The van der Waals surface area contributed by atoms with Crippen LogP contribution in [0.15, 0.2) is 30.3 Å². The largest absolute Gasteiger partial charge is 0.376 e. The molecular formula is C15H22O2. The Bertz CT molecular complexity index is 328. The van der Waals surface area contributed by atoms with Crippen LogP contribution in [-0.2, 0) is 9.47 Å². The second-order valence-corrected chi connectivity index (χ2v) is 5.11. The summed E-state index contributed by atoms with van der Waals surface area (Å²) in [6, 6.07) is 10.5. The molecule has 0 saturated heterocycles. The number of benzene rings is 1. The topological polar surface area (TPSA) is 18.5 Å². The fraction of sp³-hybridized carbons (Fsp3) is 0.600. The van der Waals surface area contributed by atoms with Crippen LogP contribution in [0.4, 0.5) is 0 Å². The normalized spacial score (nSPS) is 25.6. The van der Waals surface area contributed by atoms with Crippen LogP contribution in [0.1, 0.15) is 38.4 Å². The molecule has 0 aromatic heterocycles. The standard InChI is InChI=1S/C15H22O2/c1-11(2)17-14-9-13(10-14)15(16-3)12-7-5-4-6-8-12/h4-8,11,13-15H,9-10H2,1-3H3. The molecule has 1 atom stereocenters. The summed E-state index contributed by atoms with van der Waals surface area (Å²) < 4.78 is 11.4. The Morgan fingerprint density at radius 1 is 1.12 bits per heavy atom. The molecule has 0 aliphatic heterocycles. The van der Waals surface area contributed by atoms with Gasteiger partial charge >= 0.3 is 0 Å². The molecule has 1 aromatic carbocycles. The van der Waals surface area contributed by atoms with E-state index in [4.69, 9.17) is 9.47 Å². The fourth-order valence-electron chi connectivity index (χ4n) is 2.59. The van der Waals surface area contributed by atoms with Crippen LogP contribution in [0.2, 0.25) is 0 Å². The summed E-state index contributed by atoms with van der Waals surface area (Å²) in [5, 5.41) is 0. The van der Waals surface area contributed by atoms with Crippen molar-refractivity contribution < 1.29 is 9.47 Å². The Balaban J connectivity index is 1.90. The van der Waals surface area contributed by atoms with Gasteiger partial charge in [0.2, 0.25) is 0 Å². The molecule has 1 saturated carbocycles. The van der Waals surface area contributed by atoms with Crippen molar-refractivity contribution in [1.29, 1.82) is 0 Å². The molecule has 1 aliphatic carbocycles. The minimum atomic E-state index is 0.225. The van der Waals surface area contributed by atoms with E-state index in [1.54, 1.807) is 7.11 Å². The van der Waals surface area contributed by atoms with Gasteiger partial charge in [-0.25, -0.2) is 0 Å². The first-order valence-corrected chi connectivity index (χ1v) is 6.44. The van der Waals surface area contributed by atoms with Gasteiger partial charge in [-0.05, 0) is 38.2 Å². The molecule has 94 valence electrons. The summed E-state index contributed by atoms with van der Waals surface area (Å²) in [4.78, 5) is 0. The van der Waals surface area contributed by atoms with Crippen LogP contribution in [-0.4, -0.2) is 19.3 Å². The van der Waals surface area contributed by atoms with Crippen LogP contribution in [0, 0.1) is 5.92 Å². The van der Waals surface area contributed by atoms with Crippen molar-refractivity contribution >= 4 is 0 Å². The predicted molar refractivity (Wildman–Crippen MR) is 68.9 cm³/mol. The third-order valence-electron chi connectivity index (χ3n) is 3.41. The Hall–Kier alpha value is -0.860. The van der Waals surface area contributed by atoms with Crippen LogP contribution < -0.4 is 0 Å². The lowest BCUT2D eigenvalue weighted by molar-refractivity contribution is -0.101. The van der Waals surface area contributed by atoms with Crippen LogP contribution in [0.5, 0.6) is 0 Å². The number of hydrogen-bond acceptors (Lipinski definition) is 2. The molecule has 0 N–H and O–H groups in total. The summed E-state index contributed by atoms with van der Waals surface area (Å²) in [5.41, 5.74) is 1.28. The first-order valence-electron chi connectivity index (χ1n) is 6.44. The highest BCUT2D eigenvalue weighted by Gasteiger charge is 2.36. The highest BCUT2D eigenvalue weighted by Crippen LogP contribution is 2.41. The van der Waals surface area contributed by atoms with E-state index in [2.05, 4.69) is 38.1 Å². The maximum atomic E-state index is 5.79. The number of methoxy groups -OCH3 is 1. The number of hydrogen-bond donors (Lipinski definition) is 0. The van der Waals surface area contributed by atoms with E-state index in [-0.39, 0.29) is 6.10 Å². The van der Waals surface area contributed by atoms with Gasteiger partial charge in [-0.3, -0.25) is 0 Å². The number of ether oxygens (including phenoxy) is 2.